The summed E-state index contributed by atoms with van der Waals surface area (Å²) in [6.45, 7) is 6.68. The molecule has 0 amide bonds. The maximum Gasteiger partial charge on any atom is 0.332 e. The van der Waals surface area contributed by atoms with Gasteiger partial charge in [-0.15, -0.1) is 0 Å². The van der Waals surface area contributed by atoms with Crippen molar-refractivity contribution in [2.24, 2.45) is 0 Å². The Bertz CT molecular complexity index is 1430. The Morgan fingerprint density at radius 1 is 1.00 bits per heavy atom. The topological polar surface area (TPSA) is 91.3 Å². The number of ether oxygens (including phenoxy) is 1. The Kier molecular flexibility index (Phi) is 7.42. The Balaban J connectivity index is 1.91. The summed E-state index contributed by atoms with van der Waals surface area (Å²) in [6, 6.07) is 15.2. The van der Waals surface area contributed by atoms with Gasteiger partial charge in [-0.3, -0.25) is 18.5 Å². The van der Waals surface area contributed by atoms with E-state index in [9.17, 15) is 14.7 Å². The molecule has 2 heterocycles. The van der Waals surface area contributed by atoms with Crippen molar-refractivity contribution in [3.05, 3.63) is 85.5 Å². The van der Waals surface area contributed by atoms with E-state index < -0.39 is 11.2 Å². The van der Waals surface area contributed by atoms with Crippen LogP contribution in [0.5, 0.6) is 11.8 Å². The van der Waals surface area contributed by atoms with E-state index in [2.05, 4.69) is 18.8 Å². The molecule has 0 saturated carbocycles. The standard InChI is InChI=1S/C26H29ClN4O4/c1-4-29-23-22(24(33)30(26(29)34)14-5-15-32)31(16-18-6-10-20(27)11-7-18)25(28-23)35-21-12-8-19(9-13-21)17(2)3/h6-13,17,32H,4-5,14-16H2,1-3H3. The Morgan fingerprint density at radius 3 is 2.29 bits per heavy atom. The van der Waals surface area contributed by atoms with Crippen LogP contribution in [-0.4, -0.2) is 30.4 Å². The summed E-state index contributed by atoms with van der Waals surface area (Å²) in [5, 5.41) is 9.88. The van der Waals surface area contributed by atoms with Crippen molar-refractivity contribution in [1.29, 1.82) is 0 Å². The molecule has 9 heteroatoms. The highest BCUT2D eigenvalue weighted by Crippen LogP contribution is 2.27. The maximum atomic E-state index is 13.5. The monoisotopic (exact) mass is 496 g/mol. The normalized spacial score (nSPS) is 11.5. The molecule has 1 N–H and O–H groups in total. The van der Waals surface area contributed by atoms with Gasteiger partial charge in [0.1, 0.15) is 5.75 Å². The largest absolute Gasteiger partial charge is 0.425 e. The van der Waals surface area contributed by atoms with Crippen LogP contribution in [0.2, 0.25) is 5.02 Å². The number of hydrogen-bond donors (Lipinski definition) is 1. The van der Waals surface area contributed by atoms with Gasteiger partial charge in [0.25, 0.3) is 5.56 Å². The van der Waals surface area contributed by atoms with Crippen LogP contribution in [0.15, 0.2) is 58.1 Å². The molecule has 35 heavy (non-hydrogen) atoms. The van der Waals surface area contributed by atoms with E-state index in [0.29, 0.717) is 36.2 Å². The molecule has 4 rings (SSSR count). The predicted molar refractivity (Wildman–Crippen MR) is 137 cm³/mol. The van der Waals surface area contributed by atoms with Gasteiger partial charge in [-0.1, -0.05) is 49.7 Å². The van der Waals surface area contributed by atoms with Crippen LogP contribution < -0.4 is 16.0 Å². The molecule has 2 aromatic carbocycles. The second-order valence-electron chi connectivity index (χ2n) is 8.67. The highest BCUT2D eigenvalue weighted by molar-refractivity contribution is 6.30. The number of fused-ring (bicyclic) bond motifs is 1. The average Bonchev–Trinajstić information content (AvgIpc) is 3.18. The zero-order valence-electron chi connectivity index (χ0n) is 20.1. The number of aliphatic hydroxyl groups excluding tert-OH is 1. The predicted octanol–water partition coefficient (Wildman–Crippen LogP) is 4.38. The number of hydrogen-bond acceptors (Lipinski definition) is 5. The summed E-state index contributed by atoms with van der Waals surface area (Å²) in [5.74, 6) is 0.961. The van der Waals surface area contributed by atoms with E-state index in [1.54, 1.807) is 16.7 Å². The van der Waals surface area contributed by atoms with Gasteiger partial charge in [-0.05, 0) is 54.7 Å². The minimum absolute atomic E-state index is 0.114. The summed E-state index contributed by atoms with van der Waals surface area (Å²) in [5.41, 5.74) is 1.69. The second-order valence-corrected chi connectivity index (χ2v) is 9.10. The van der Waals surface area contributed by atoms with Crippen molar-refractivity contribution in [2.75, 3.05) is 6.61 Å². The minimum atomic E-state index is -0.463. The van der Waals surface area contributed by atoms with Crippen LogP contribution in [0, 0.1) is 0 Å². The number of rotatable bonds is 9. The molecule has 2 aromatic heterocycles. The number of benzene rings is 2. The molecule has 0 spiro atoms. The molecule has 0 radical (unpaired) electrons. The molecular weight excluding hydrogens is 468 g/mol. The van der Waals surface area contributed by atoms with E-state index in [1.807, 2.05) is 43.3 Å². The summed E-state index contributed by atoms with van der Waals surface area (Å²) >= 11 is 6.06. The zero-order valence-corrected chi connectivity index (χ0v) is 20.8. The Labute approximate surface area is 208 Å². The Hall–Kier alpha value is -3.36. The lowest BCUT2D eigenvalue weighted by molar-refractivity contribution is 0.277. The quantitative estimate of drug-likeness (QED) is 0.371. The van der Waals surface area contributed by atoms with Gasteiger partial charge in [-0.2, -0.15) is 4.98 Å². The number of aryl methyl sites for hydroxylation is 1. The molecule has 0 bridgehead atoms. The molecular formula is C26H29ClN4O4. The lowest BCUT2D eigenvalue weighted by atomic mass is 10.0. The average molecular weight is 497 g/mol. The first kappa shape index (κ1) is 24.8. The highest BCUT2D eigenvalue weighted by atomic mass is 35.5. The van der Waals surface area contributed by atoms with Crippen LogP contribution in [0.1, 0.15) is 44.2 Å². The maximum absolute atomic E-state index is 13.5. The molecule has 0 saturated heterocycles. The van der Waals surface area contributed by atoms with Gasteiger partial charge < -0.3 is 9.84 Å². The zero-order chi connectivity index (χ0) is 25.1. The van der Waals surface area contributed by atoms with Crippen LogP contribution in [0.3, 0.4) is 0 Å². The molecule has 0 aliphatic carbocycles. The molecule has 0 atom stereocenters. The summed E-state index contributed by atoms with van der Waals surface area (Å²) in [7, 11) is 0. The summed E-state index contributed by atoms with van der Waals surface area (Å²) in [6.07, 6.45) is 0.293. The highest BCUT2D eigenvalue weighted by Gasteiger charge is 2.22. The van der Waals surface area contributed by atoms with Gasteiger partial charge in [0.05, 0.1) is 6.54 Å². The van der Waals surface area contributed by atoms with Gasteiger partial charge in [0, 0.05) is 24.7 Å². The molecule has 0 aliphatic rings. The van der Waals surface area contributed by atoms with Crippen molar-refractivity contribution in [3.8, 4) is 11.8 Å². The number of halogens is 1. The molecule has 184 valence electrons. The van der Waals surface area contributed by atoms with Gasteiger partial charge in [0.2, 0.25) is 0 Å². The first-order valence-electron chi connectivity index (χ1n) is 11.7. The van der Waals surface area contributed by atoms with Crippen molar-refractivity contribution >= 4 is 22.8 Å². The van der Waals surface area contributed by atoms with Crippen LogP contribution in [0.25, 0.3) is 11.2 Å². The van der Waals surface area contributed by atoms with Gasteiger partial charge in [0.15, 0.2) is 11.2 Å². The molecule has 8 nitrogen and oxygen atoms in total. The van der Waals surface area contributed by atoms with Crippen LogP contribution >= 0.6 is 11.6 Å². The Morgan fingerprint density at radius 2 is 1.69 bits per heavy atom. The number of aromatic nitrogens is 4. The van der Waals surface area contributed by atoms with E-state index in [4.69, 9.17) is 16.3 Å². The van der Waals surface area contributed by atoms with Gasteiger partial charge >= 0.3 is 11.7 Å². The van der Waals surface area contributed by atoms with E-state index in [0.717, 1.165) is 10.1 Å². The molecule has 4 aromatic rings. The molecule has 0 unspecified atom stereocenters. The first-order valence-corrected chi connectivity index (χ1v) is 12.1. The van der Waals surface area contributed by atoms with Crippen molar-refractivity contribution in [3.63, 3.8) is 0 Å². The fourth-order valence-electron chi connectivity index (χ4n) is 4.00. The van der Waals surface area contributed by atoms with Crippen molar-refractivity contribution in [2.45, 2.75) is 52.7 Å². The number of aliphatic hydroxyl groups is 1. The van der Waals surface area contributed by atoms with Crippen LogP contribution in [-0.2, 0) is 19.6 Å². The third-order valence-electron chi connectivity index (χ3n) is 5.95. The molecule has 0 fully saturated rings. The van der Waals surface area contributed by atoms with Gasteiger partial charge in [-0.25, -0.2) is 4.79 Å². The fourth-order valence-corrected chi connectivity index (χ4v) is 4.13. The van der Waals surface area contributed by atoms with E-state index in [1.165, 1.54) is 10.1 Å². The SMILES string of the molecule is CCn1c(=O)n(CCCO)c(=O)c2c1nc(Oc1ccc(C(C)C)cc1)n2Cc1ccc(Cl)cc1. The summed E-state index contributed by atoms with van der Waals surface area (Å²) < 4.78 is 10.5. The molecule has 0 aliphatic heterocycles. The fraction of sp³-hybridized carbons (Fsp3) is 0.346. The second kappa shape index (κ2) is 10.5. The third kappa shape index (κ3) is 5.04. The summed E-state index contributed by atoms with van der Waals surface area (Å²) in [4.78, 5) is 31.2. The lowest BCUT2D eigenvalue weighted by Gasteiger charge is -2.12. The number of nitrogens with zero attached hydrogens (tertiary/aromatic N) is 4. The third-order valence-corrected chi connectivity index (χ3v) is 6.20. The lowest BCUT2D eigenvalue weighted by Crippen LogP contribution is -2.40. The number of imidazole rings is 1. The first-order chi connectivity index (χ1) is 16.8. The van der Waals surface area contributed by atoms with Crippen LogP contribution in [0.4, 0.5) is 0 Å². The minimum Gasteiger partial charge on any atom is -0.425 e. The van der Waals surface area contributed by atoms with E-state index in [-0.39, 0.29) is 30.3 Å². The van der Waals surface area contributed by atoms with Crippen molar-refractivity contribution < 1.29 is 9.84 Å². The van der Waals surface area contributed by atoms with Crippen molar-refractivity contribution in [1.82, 2.24) is 18.7 Å². The van der Waals surface area contributed by atoms with E-state index >= 15 is 0 Å². The smallest absolute Gasteiger partial charge is 0.332 e.